The van der Waals surface area contributed by atoms with Crippen LogP contribution >= 0.6 is 0 Å². The van der Waals surface area contributed by atoms with Crippen molar-refractivity contribution in [2.45, 2.75) is 50.8 Å². The molecule has 2 aromatic rings. The standard InChI is InChI=1S/C22H27NO6/c1-15(25)23-19-21(27-13-16-8-4-2-5-9-16)20(26)18(12-24)29-22(19)28-14-17-10-6-3-7-11-17/h2-11,18-22,24,26H,12-14H2,1H3,(H,23,25)/t18-,19-,20+,21+,22-/m0/s1. The van der Waals surface area contributed by atoms with Crippen molar-refractivity contribution in [1.29, 1.82) is 0 Å². The van der Waals surface area contributed by atoms with Crippen molar-refractivity contribution >= 4 is 5.91 Å². The van der Waals surface area contributed by atoms with Gasteiger partial charge in [0.1, 0.15) is 24.4 Å². The molecule has 0 aromatic heterocycles. The lowest BCUT2D eigenvalue weighted by molar-refractivity contribution is -0.281. The lowest BCUT2D eigenvalue weighted by atomic mass is 9.96. The second-order valence-corrected chi connectivity index (χ2v) is 7.00. The van der Waals surface area contributed by atoms with Crippen LogP contribution in [0.4, 0.5) is 0 Å². The Morgan fingerprint density at radius 2 is 1.55 bits per heavy atom. The van der Waals surface area contributed by atoms with Gasteiger partial charge in [0.2, 0.25) is 5.91 Å². The topological polar surface area (TPSA) is 97.3 Å². The van der Waals surface area contributed by atoms with Gasteiger partial charge in [0.05, 0.1) is 19.8 Å². The number of carbonyl (C=O) groups is 1. The molecular weight excluding hydrogens is 374 g/mol. The second-order valence-electron chi connectivity index (χ2n) is 7.00. The number of benzene rings is 2. The van der Waals surface area contributed by atoms with Crippen molar-refractivity contribution in [3.8, 4) is 0 Å². The van der Waals surface area contributed by atoms with E-state index < -0.39 is 37.3 Å². The first kappa shape index (κ1) is 21.4. The number of aliphatic hydroxyl groups excluding tert-OH is 2. The van der Waals surface area contributed by atoms with E-state index in [1.807, 2.05) is 60.7 Å². The highest BCUT2D eigenvalue weighted by Crippen LogP contribution is 2.26. The molecule has 7 nitrogen and oxygen atoms in total. The van der Waals surface area contributed by atoms with E-state index in [0.29, 0.717) is 0 Å². The van der Waals surface area contributed by atoms with E-state index in [9.17, 15) is 15.0 Å². The zero-order valence-corrected chi connectivity index (χ0v) is 16.3. The van der Waals surface area contributed by atoms with E-state index in [1.54, 1.807) is 0 Å². The minimum Gasteiger partial charge on any atom is -0.394 e. The molecule has 0 spiro atoms. The first-order valence-corrected chi connectivity index (χ1v) is 9.61. The maximum absolute atomic E-state index is 11.8. The Bertz CT molecular complexity index is 756. The van der Waals surface area contributed by atoms with Gasteiger partial charge in [-0.15, -0.1) is 0 Å². The van der Waals surface area contributed by atoms with Crippen molar-refractivity contribution < 1.29 is 29.2 Å². The Morgan fingerprint density at radius 3 is 2.07 bits per heavy atom. The number of nitrogens with one attached hydrogen (secondary N) is 1. The second kappa shape index (κ2) is 10.5. The molecule has 1 heterocycles. The lowest BCUT2D eigenvalue weighted by Gasteiger charge is -2.44. The van der Waals surface area contributed by atoms with Crippen molar-refractivity contribution in [2.24, 2.45) is 0 Å². The van der Waals surface area contributed by atoms with E-state index in [4.69, 9.17) is 14.2 Å². The Balaban J connectivity index is 1.76. The minimum atomic E-state index is -1.13. The van der Waals surface area contributed by atoms with Gasteiger partial charge in [-0.25, -0.2) is 0 Å². The van der Waals surface area contributed by atoms with Crippen LogP contribution in [0.1, 0.15) is 18.1 Å². The Labute approximate surface area is 170 Å². The summed E-state index contributed by atoms with van der Waals surface area (Å²) in [5, 5.41) is 23.1. The molecule has 0 bridgehead atoms. The highest BCUT2D eigenvalue weighted by Gasteiger charge is 2.46. The van der Waals surface area contributed by atoms with Crippen LogP contribution in [0.5, 0.6) is 0 Å². The molecule has 1 aliphatic rings. The monoisotopic (exact) mass is 401 g/mol. The van der Waals surface area contributed by atoms with Crippen molar-refractivity contribution in [1.82, 2.24) is 5.32 Å². The molecular formula is C22H27NO6. The quantitative estimate of drug-likeness (QED) is 0.618. The largest absolute Gasteiger partial charge is 0.394 e. The van der Waals surface area contributed by atoms with Gasteiger partial charge in [-0.2, -0.15) is 0 Å². The molecule has 29 heavy (non-hydrogen) atoms. The highest BCUT2D eigenvalue weighted by molar-refractivity contribution is 5.73. The summed E-state index contributed by atoms with van der Waals surface area (Å²) < 4.78 is 17.6. The highest BCUT2D eigenvalue weighted by atomic mass is 16.7. The summed E-state index contributed by atoms with van der Waals surface area (Å²) in [6, 6.07) is 18.3. The van der Waals surface area contributed by atoms with E-state index in [0.717, 1.165) is 11.1 Å². The van der Waals surface area contributed by atoms with Crippen LogP contribution in [0.15, 0.2) is 60.7 Å². The number of rotatable bonds is 8. The predicted octanol–water partition coefficient (Wildman–Crippen LogP) is 1.37. The lowest BCUT2D eigenvalue weighted by Crippen LogP contribution is -2.65. The fourth-order valence-electron chi connectivity index (χ4n) is 3.32. The van der Waals surface area contributed by atoms with Crippen molar-refractivity contribution in [2.75, 3.05) is 6.61 Å². The van der Waals surface area contributed by atoms with Crippen LogP contribution in [0.3, 0.4) is 0 Å². The van der Waals surface area contributed by atoms with Crippen molar-refractivity contribution in [3.05, 3.63) is 71.8 Å². The predicted molar refractivity (Wildman–Crippen MR) is 106 cm³/mol. The van der Waals surface area contributed by atoms with Gasteiger partial charge in [-0.05, 0) is 11.1 Å². The SMILES string of the molecule is CC(=O)N[C@@H]1[C@@H](OCc2ccccc2)O[C@@H](CO)[C@@H](O)[C@@H]1OCc1ccccc1. The molecule has 0 radical (unpaired) electrons. The molecule has 3 rings (SSSR count). The van der Waals surface area contributed by atoms with E-state index in [1.165, 1.54) is 6.92 Å². The Kier molecular flexibility index (Phi) is 7.74. The number of hydrogen-bond donors (Lipinski definition) is 3. The minimum absolute atomic E-state index is 0.238. The first-order valence-electron chi connectivity index (χ1n) is 9.61. The third-order valence-electron chi connectivity index (χ3n) is 4.77. The molecule has 1 saturated heterocycles. The molecule has 3 N–H and O–H groups in total. The van der Waals surface area contributed by atoms with Crippen LogP contribution in [0.2, 0.25) is 0 Å². The number of hydrogen-bond acceptors (Lipinski definition) is 6. The molecule has 156 valence electrons. The molecule has 0 saturated carbocycles. The molecule has 2 aromatic carbocycles. The molecule has 1 amide bonds. The summed E-state index contributed by atoms with van der Waals surface area (Å²) in [6.45, 7) is 1.47. The van der Waals surface area contributed by atoms with Gasteiger partial charge in [0.15, 0.2) is 6.29 Å². The summed E-state index contributed by atoms with van der Waals surface area (Å²) in [5.41, 5.74) is 1.86. The Hall–Kier alpha value is -2.29. The maximum Gasteiger partial charge on any atom is 0.217 e. The van der Waals surface area contributed by atoms with Gasteiger partial charge in [0, 0.05) is 6.92 Å². The number of aliphatic hydroxyl groups is 2. The average Bonchev–Trinajstić information content (AvgIpc) is 2.74. The molecule has 0 aliphatic carbocycles. The summed E-state index contributed by atoms with van der Waals surface area (Å²) >= 11 is 0. The first-order chi connectivity index (χ1) is 14.1. The van der Waals surface area contributed by atoms with Gasteiger partial charge in [-0.1, -0.05) is 60.7 Å². The average molecular weight is 401 g/mol. The molecule has 1 fully saturated rings. The zero-order valence-electron chi connectivity index (χ0n) is 16.3. The number of ether oxygens (including phenoxy) is 3. The fraction of sp³-hybridized carbons (Fsp3) is 0.409. The van der Waals surface area contributed by atoms with Crippen LogP contribution in [-0.4, -0.2) is 53.4 Å². The number of amides is 1. The third kappa shape index (κ3) is 5.85. The van der Waals surface area contributed by atoms with Gasteiger partial charge >= 0.3 is 0 Å². The molecule has 7 heteroatoms. The van der Waals surface area contributed by atoms with Crippen LogP contribution < -0.4 is 5.32 Å². The van der Waals surface area contributed by atoms with Crippen LogP contribution in [-0.2, 0) is 32.2 Å². The van der Waals surface area contributed by atoms with Crippen LogP contribution in [0.25, 0.3) is 0 Å². The third-order valence-corrected chi connectivity index (χ3v) is 4.77. The van der Waals surface area contributed by atoms with Gasteiger partial charge in [0.25, 0.3) is 0 Å². The van der Waals surface area contributed by atoms with Gasteiger partial charge in [-0.3, -0.25) is 4.79 Å². The Morgan fingerprint density at radius 1 is 1.00 bits per heavy atom. The summed E-state index contributed by atoms with van der Waals surface area (Å²) in [4.78, 5) is 11.8. The fourth-order valence-corrected chi connectivity index (χ4v) is 3.32. The number of carbonyl (C=O) groups excluding carboxylic acids is 1. The summed E-state index contributed by atoms with van der Waals surface area (Å²) in [7, 11) is 0. The van der Waals surface area contributed by atoms with E-state index in [-0.39, 0.29) is 19.1 Å². The van der Waals surface area contributed by atoms with E-state index in [2.05, 4.69) is 5.32 Å². The molecule has 0 unspecified atom stereocenters. The molecule has 5 atom stereocenters. The maximum atomic E-state index is 11.8. The summed E-state index contributed by atoms with van der Waals surface area (Å²) in [5.74, 6) is -0.296. The van der Waals surface area contributed by atoms with E-state index >= 15 is 0 Å². The summed E-state index contributed by atoms with van der Waals surface area (Å²) in [6.07, 6.45) is -3.72. The smallest absolute Gasteiger partial charge is 0.217 e. The normalized spacial score (nSPS) is 26.8. The van der Waals surface area contributed by atoms with Crippen molar-refractivity contribution in [3.63, 3.8) is 0 Å². The van der Waals surface area contributed by atoms with Gasteiger partial charge < -0.3 is 29.7 Å². The zero-order chi connectivity index (χ0) is 20.6. The van der Waals surface area contributed by atoms with Crippen LogP contribution in [0, 0.1) is 0 Å². The molecule has 1 aliphatic heterocycles.